The second-order valence-electron chi connectivity index (χ2n) is 5.84. The van der Waals surface area contributed by atoms with Gasteiger partial charge in [0.05, 0.1) is 24.3 Å². The molecule has 1 amide bonds. The molecule has 2 aromatic carbocycles. The predicted molar refractivity (Wildman–Crippen MR) is 101 cm³/mol. The molecular weight excluding hydrogens is 358 g/mol. The number of hydrogen-bond donors (Lipinski definition) is 1. The monoisotopic (exact) mass is 377 g/mol. The molecule has 0 spiro atoms. The van der Waals surface area contributed by atoms with Crippen molar-refractivity contribution in [3.05, 3.63) is 63.2 Å². The largest absolute Gasteiger partial charge is 0.495 e. The summed E-state index contributed by atoms with van der Waals surface area (Å²) in [6.45, 7) is 1.98. The number of benzene rings is 2. The summed E-state index contributed by atoms with van der Waals surface area (Å²) in [5.41, 5.74) is 1.27. The second kappa shape index (κ2) is 8.64. The van der Waals surface area contributed by atoms with Crippen LogP contribution in [0.1, 0.15) is 18.5 Å². The lowest BCUT2D eigenvalue weighted by Crippen LogP contribution is -2.32. The van der Waals surface area contributed by atoms with Crippen molar-refractivity contribution in [1.82, 2.24) is 4.90 Å². The van der Waals surface area contributed by atoms with Crippen molar-refractivity contribution in [2.45, 2.75) is 13.0 Å². The maximum absolute atomic E-state index is 12.4. The molecule has 0 aliphatic heterocycles. The fraction of sp³-hybridized carbons (Fsp3) is 0.278. The van der Waals surface area contributed by atoms with E-state index in [4.69, 9.17) is 16.3 Å². The summed E-state index contributed by atoms with van der Waals surface area (Å²) in [5, 5.41) is 14.2. The van der Waals surface area contributed by atoms with E-state index in [2.05, 4.69) is 5.32 Å². The minimum atomic E-state index is -0.436. The molecule has 1 N–H and O–H groups in total. The van der Waals surface area contributed by atoms with Crippen LogP contribution in [0.3, 0.4) is 0 Å². The number of rotatable bonds is 7. The number of carbonyl (C=O) groups excluding carboxylic acids is 1. The Labute approximate surface area is 156 Å². The van der Waals surface area contributed by atoms with E-state index in [9.17, 15) is 14.9 Å². The van der Waals surface area contributed by atoms with Gasteiger partial charge in [-0.05, 0) is 37.7 Å². The van der Waals surface area contributed by atoms with Gasteiger partial charge in [0.1, 0.15) is 5.75 Å². The average molecular weight is 378 g/mol. The van der Waals surface area contributed by atoms with Crippen LogP contribution in [0.25, 0.3) is 0 Å². The average Bonchev–Trinajstić information content (AvgIpc) is 2.61. The van der Waals surface area contributed by atoms with Crippen LogP contribution in [0.15, 0.2) is 42.5 Å². The van der Waals surface area contributed by atoms with Crippen molar-refractivity contribution < 1.29 is 14.5 Å². The Morgan fingerprint density at radius 1 is 1.35 bits per heavy atom. The highest BCUT2D eigenvalue weighted by molar-refractivity contribution is 6.31. The van der Waals surface area contributed by atoms with Gasteiger partial charge in [0.2, 0.25) is 5.91 Å². The molecule has 0 aliphatic rings. The molecule has 26 heavy (non-hydrogen) atoms. The van der Waals surface area contributed by atoms with Crippen LogP contribution in [0, 0.1) is 10.1 Å². The highest BCUT2D eigenvalue weighted by Gasteiger charge is 2.18. The van der Waals surface area contributed by atoms with Crippen LogP contribution in [0.2, 0.25) is 5.02 Å². The Kier molecular flexibility index (Phi) is 6.54. The Balaban J connectivity index is 2.06. The van der Waals surface area contributed by atoms with Crippen LogP contribution in [-0.2, 0) is 4.79 Å². The summed E-state index contributed by atoms with van der Waals surface area (Å²) in [6, 6.07) is 11.2. The molecule has 0 fully saturated rings. The van der Waals surface area contributed by atoms with Crippen molar-refractivity contribution in [3.63, 3.8) is 0 Å². The number of amides is 1. The minimum absolute atomic E-state index is 0.0239. The first-order valence-corrected chi connectivity index (χ1v) is 8.27. The summed E-state index contributed by atoms with van der Waals surface area (Å²) in [6.07, 6.45) is 0. The van der Waals surface area contributed by atoms with Crippen LogP contribution < -0.4 is 10.1 Å². The third-order valence-electron chi connectivity index (χ3n) is 4.05. The molecule has 138 valence electrons. The third-order valence-corrected chi connectivity index (χ3v) is 4.29. The first kappa shape index (κ1) is 19.7. The highest BCUT2D eigenvalue weighted by atomic mass is 35.5. The molecule has 0 bridgehead atoms. The van der Waals surface area contributed by atoms with Gasteiger partial charge in [-0.1, -0.05) is 23.7 Å². The van der Waals surface area contributed by atoms with E-state index in [0.717, 1.165) is 5.56 Å². The molecule has 7 nitrogen and oxygen atoms in total. The summed E-state index contributed by atoms with van der Waals surface area (Å²) in [4.78, 5) is 24.6. The molecule has 0 radical (unpaired) electrons. The van der Waals surface area contributed by atoms with Gasteiger partial charge in [0.25, 0.3) is 5.69 Å². The SMILES string of the molecule is COc1ccc(Cl)cc1NC(=O)CN(C)[C@@H](C)c1cccc([N+](=O)[O-])c1. The number of likely N-dealkylation sites (N-methyl/N-ethyl adjacent to an activating group) is 1. The molecule has 0 unspecified atom stereocenters. The number of anilines is 1. The summed E-state index contributed by atoms with van der Waals surface area (Å²) < 4.78 is 5.21. The number of ether oxygens (including phenoxy) is 1. The third kappa shape index (κ3) is 4.93. The zero-order valence-corrected chi connectivity index (χ0v) is 15.5. The Morgan fingerprint density at radius 2 is 2.08 bits per heavy atom. The van der Waals surface area contributed by atoms with Crippen LogP contribution >= 0.6 is 11.6 Å². The first-order chi connectivity index (χ1) is 12.3. The van der Waals surface area contributed by atoms with Crippen molar-refractivity contribution in [3.8, 4) is 5.75 Å². The fourth-order valence-corrected chi connectivity index (χ4v) is 2.66. The molecule has 0 aromatic heterocycles. The quantitative estimate of drug-likeness (QED) is 0.584. The van der Waals surface area contributed by atoms with E-state index in [0.29, 0.717) is 16.5 Å². The number of non-ortho nitro benzene ring substituents is 1. The van der Waals surface area contributed by atoms with Crippen molar-refractivity contribution in [1.29, 1.82) is 0 Å². The van der Waals surface area contributed by atoms with E-state index in [-0.39, 0.29) is 24.2 Å². The molecular formula is C18H20ClN3O4. The Hall–Kier alpha value is -2.64. The van der Waals surface area contributed by atoms with Crippen molar-refractivity contribution in [2.75, 3.05) is 26.0 Å². The van der Waals surface area contributed by atoms with Crippen LogP contribution in [0.5, 0.6) is 5.75 Å². The highest BCUT2D eigenvalue weighted by Crippen LogP contribution is 2.28. The second-order valence-corrected chi connectivity index (χ2v) is 6.27. The van der Waals surface area contributed by atoms with Gasteiger partial charge < -0.3 is 10.1 Å². The van der Waals surface area contributed by atoms with Gasteiger partial charge in [-0.15, -0.1) is 0 Å². The van der Waals surface area contributed by atoms with E-state index < -0.39 is 4.92 Å². The molecule has 8 heteroatoms. The number of nitrogens with zero attached hydrogens (tertiary/aromatic N) is 2. The van der Waals surface area contributed by atoms with Gasteiger partial charge in [-0.3, -0.25) is 19.8 Å². The van der Waals surface area contributed by atoms with E-state index >= 15 is 0 Å². The lowest BCUT2D eigenvalue weighted by Gasteiger charge is -2.24. The number of methoxy groups -OCH3 is 1. The number of nitrogens with one attached hydrogen (secondary N) is 1. The van der Waals surface area contributed by atoms with E-state index in [1.165, 1.54) is 19.2 Å². The number of hydrogen-bond acceptors (Lipinski definition) is 5. The Bertz CT molecular complexity index is 813. The fourth-order valence-electron chi connectivity index (χ4n) is 2.48. The lowest BCUT2D eigenvalue weighted by atomic mass is 10.1. The van der Waals surface area contributed by atoms with Gasteiger partial charge in [-0.25, -0.2) is 0 Å². The summed E-state index contributed by atoms with van der Waals surface area (Å²) in [7, 11) is 3.29. The zero-order valence-electron chi connectivity index (χ0n) is 14.7. The molecule has 0 saturated carbocycles. The number of halogens is 1. The first-order valence-electron chi connectivity index (χ1n) is 7.89. The molecule has 2 aromatic rings. The molecule has 0 aliphatic carbocycles. The molecule has 0 saturated heterocycles. The standard InChI is InChI=1S/C18H20ClN3O4/c1-12(13-5-4-6-15(9-13)22(24)25)21(2)11-18(23)20-16-10-14(19)7-8-17(16)26-3/h4-10,12H,11H2,1-3H3,(H,20,23)/t12-/m0/s1. The number of nitro benzene ring substituents is 1. The van der Waals surface area contributed by atoms with Gasteiger partial charge in [-0.2, -0.15) is 0 Å². The normalized spacial score (nSPS) is 11.9. The Morgan fingerprint density at radius 3 is 2.73 bits per heavy atom. The van der Waals surface area contributed by atoms with Crippen LogP contribution in [-0.4, -0.2) is 36.4 Å². The number of nitro groups is 1. The summed E-state index contributed by atoms with van der Waals surface area (Å²) >= 11 is 5.96. The topological polar surface area (TPSA) is 84.7 Å². The van der Waals surface area contributed by atoms with Gasteiger partial charge in [0.15, 0.2) is 0 Å². The number of carbonyl (C=O) groups is 1. The maximum Gasteiger partial charge on any atom is 0.269 e. The minimum Gasteiger partial charge on any atom is -0.495 e. The smallest absolute Gasteiger partial charge is 0.269 e. The van der Waals surface area contributed by atoms with E-state index in [1.54, 1.807) is 42.3 Å². The summed E-state index contributed by atoms with van der Waals surface area (Å²) in [5.74, 6) is 0.266. The molecule has 2 rings (SSSR count). The molecule has 0 heterocycles. The van der Waals surface area contributed by atoms with E-state index in [1.807, 2.05) is 6.92 Å². The molecule has 1 atom stereocenters. The van der Waals surface area contributed by atoms with Crippen LogP contribution in [0.4, 0.5) is 11.4 Å². The van der Waals surface area contributed by atoms with Crippen molar-refractivity contribution in [2.24, 2.45) is 0 Å². The lowest BCUT2D eigenvalue weighted by molar-refractivity contribution is -0.384. The van der Waals surface area contributed by atoms with Gasteiger partial charge in [0, 0.05) is 23.2 Å². The maximum atomic E-state index is 12.4. The van der Waals surface area contributed by atoms with Gasteiger partial charge >= 0.3 is 0 Å². The predicted octanol–water partition coefficient (Wildman–Crippen LogP) is 3.89. The zero-order chi connectivity index (χ0) is 19.3. The van der Waals surface area contributed by atoms with Crippen molar-refractivity contribution >= 4 is 28.9 Å².